The Bertz CT molecular complexity index is 1780. The van der Waals surface area contributed by atoms with Crippen molar-refractivity contribution in [2.24, 2.45) is 17.3 Å². The monoisotopic (exact) mass is 717 g/mol. The zero-order chi connectivity index (χ0) is 37.0. The Morgan fingerprint density at radius 1 is 1.02 bits per heavy atom. The fraction of sp³-hybridized carbons (Fsp3) is 0.550. The van der Waals surface area contributed by atoms with E-state index >= 15 is 4.39 Å². The molecule has 1 aliphatic heterocycles. The summed E-state index contributed by atoms with van der Waals surface area (Å²) in [6, 6.07) is 9.56. The third-order valence-electron chi connectivity index (χ3n) is 11.7. The number of carbonyl (C=O) groups is 4. The molecule has 2 aromatic carbocycles. The summed E-state index contributed by atoms with van der Waals surface area (Å²) in [5.74, 6) is -1.74. The van der Waals surface area contributed by atoms with Gasteiger partial charge in [0, 0.05) is 56.6 Å². The molecule has 2 heterocycles. The molecule has 52 heavy (non-hydrogen) atoms. The summed E-state index contributed by atoms with van der Waals surface area (Å²) in [6.07, 6.45) is 8.13. The third-order valence-corrected chi connectivity index (χ3v) is 11.7. The Labute approximate surface area is 305 Å². The van der Waals surface area contributed by atoms with E-state index in [0.717, 1.165) is 51.6 Å². The van der Waals surface area contributed by atoms with Crippen molar-refractivity contribution in [1.82, 2.24) is 20.4 Å². The molecule has 2 aliphatic carbocycles. The van der Waals surface area contributed by atoms with Crippen LogP contribution in [-0.2, 0) is 14.4 Å². The maximum Gasteiger partial charge on any atom is 0.255 e. The molecule has 1 saturated heterocycles. The minimum absolute atomic E-state index is 0.0488. The molecule has 0 spiro atoms. The molecule has 3 aliphatic rings. The van der Waals surface area contributed by atoms with Gasteiger partial charge in [-0.05, 0) is 68.0 Å². The van der Waals surface area contributed by atoms with Crippen molar-refractivity contribution < 1.29 is 32.7 Å². The second kappa shape index (κ2) is 16.1. The van der Waals surface area contributed by atoms with Crippen molar-refractivity contribution >= 4 is 40.3 Å². The lowest BCUT2D eigenvalue weighted by Crippen LogP contribution is -2.51. The molecule has 11 nitrogen and oxygen atoms in total. The first kappa shape index (κ1) is 37.3. The summed E-state index contributed by atoms with van der Waals surface area (Å²) in [5, 5.41) is 9.54. The van der Waals surface area contributed by atoms with Crippen LogP contribution in [-0.4, -0.2) is 86.4 Å². The summed E-state index contributed by atoms with van der Waals surface area (Å²) in [4.78, 5) is 57.8. The van der Waals surface area contributed by atoms with E-state index in [1.807, 2.05) is 18.9 Å². The molecule has 12 heteroatoms. The minimum Gasteiger partial charge on any atom is -0.497 e. The molecular formula is C40H52FN5O6. The maximum atomic E-state index is 15.9. The zero-order valence-corrected chi connectivity index (χ0v) is 30.8. The smallest absolute Gasteiger partial charge is 0.255 e. The van der Waals surface area contributed by atoms with E-state index in [4.69, 9.17) is 9.15 Å². The average Bonchev–Trinajstić information content (AvgIpc) is 3.81. The second-order valence-corrected chi connectivity index (χ2v) is 14.8. The predicted molar refractivity (Wildman–Crippen MR) is 197 cm³/mol. The normalized spacial score (nSPS) is 22.2. The van der Waals surface area contributed by atoms with E-state index < -0.39 is 29.1 Å². The molecular weight excluding hydrogens is 665 g/mol. The fourth-order valence-electron chi connectivity index (χ4n) is 8.16. The van der Waals surface area contributed by atoms with Gasteiger partial charge >= 0.3 is 0 Å². The highest BCUT2D eigenvalue weighted by atomic mass is 19.1. The molecule has 4 atom stereocenters. The van der Waals surface area contributed by atoms with Crippen LogP contribution in [0.3, 0.4) is 0 Å². The Morgan fingerprint density at radius 2 is 1.75 bits per heavy atom. The van der Waals surface area contributed by atoms with Crippen LogP contribution in [0, 0.1) is 23.1 Å². The Kier molecular flexibility index (Phi) is 11.5. The van der Waals surface area contributed by atoms with Crippen LogP contribution in [0.1, 0.15) is 87.1 Å². The van der Waals surface area contributed by atoms with Crippen molar-refractivity contribution in [2.45, 2.75) is 77.2 Å². The molecule has 1 aromatic heterocycles. The first-order chi connectivity index (χ1) is 25.0. The molecule has 3 N–H and O–H groups in total. The molecule has 6 rings (SSSR count). The minimum atomic E-state index is -0.862. The van der Waals surface area contributed by atoms with E-state index in [0.29, 0.717) is 53.8 Å². The number of carbonyl (C=O) groups excluding carboxylic acids is 4. The summed E-state index contributed by atoms with van der Waals surface area (Å²) in [6.45, 7) is 6.51. The lowest BCUT2D eigenvalue weighted by atomic mass is 9.81. The van der Waals surface area contributed by atoms with E-state index in [2.05, 4.69) is 20.9 Å². The molecule has 0 bridgehead atoms. The number of anilines is 1. The van der Waals surface area contributed by atoms with Gasteiger partial charge in [-0.25, -0.2) is 4.39 Å². The van der Waals surface area contributed by atoms with E-state index in [1.54, 1.807) is 44.4 Å². The number of methoxy groups -OCH3 is 1. The van der Waals surface area contributed by atoms with Crippen LogP contribution in [0.2, 0.25) is 0 Å². The number of nitrogens with one attached hydrogen (secondary N) is 3. The highest BCUT2D eigenvalue weighted by molar-refractivity contribution is 6.07. The molecule has 3 aromatic rings. The van der Waals surface area contributed by atoms with Crippen LogP contribution in [0.15, 0.2) is 47.1 Å². The summed E-state index contributed by atoms with van der Waals surface area (Å²) in [5.41, 5.74) is 0.713. The number of hydrogen-bond acceptors (Lipinski definition) is 7. The molecule has 3 fully saturated rings. The fourth-order valence-corrected chi connectivity index (χ4v) is 8.16. The van der Waals surface area contributed by atoms with Gasteiger partial charge < -0.3 is 34.9 Å². The number of nitrogens with zero attached hydrogens (tertiary/aromatic N) is 2. The molecule has 280 valence electrons. The zero-order valence-electron chi connectivity index (χ0n) is 30.8. The Morgan fingerprint density at radius 3 is 2.42 bits per heavy atom. The van der Waals surface area contributed by atoms with Crippen molar-refractivity contribution in [3.05, 3.63) is 59.6 Å². The van der Waals surface area contributed by atoms with Crippen molar-refractivity contribution in [3.8, 4) is 5.75 Å². The van der Waals surface area contributed by atoms with Gasteiger partial charge in [0.2, 0.25) is 17.7 Å². The number of furan rings is 1. The van der Waals surface area contributed by atoms with Crippen molar-refractivity contribution in [2.75, 3.05) is 52.2 Å². The highest BCUT2D eigenvalue weighted by Crippen LogP contribution is 2.57. The van der Waals surface area contributed by atoms with Gasteiger partial charge in [0.1, 0.15) is 23.4 Å². The van der Waals surface area contributed by atoms with Crippen LogP contribution in [0.5, 0.6) is 5.75 Å². The van der Waals surface area contributed by atoms with Crippen LogP contribution in [0.25, 0.3) is 11.0 Å². The number of rotatable bonds is 12. The lowest BCUT2D eigenvalue weighted by molar-refractivity contribution is -0.138. The molecule has 4 amide bonds. The SMILES string of the molecule is CCC(=O)NCC(C(=O)N1CCN(C)CC1)[C@@H](C)c1ccc(NC(=O)[C@]2(C3CCCCCC3)CC2NC(=O)c2coc3cc(OC)ccc23)c(F)c1. The van der Waals surface area contributed by atoms with Gasteiger partial charge in [0.15, 0.2) is 0 Å². The van der Waals surface area contributed by atoms with E-state index in [9.17, 15) is 19.2 Å². The maximum absolute atomic E-state index is 15.9. The molecule has 2 unspecified atom stereocenters. The number of hydrogen-bond donors (Lipinski definition) is 3. The van der Waals surface area contributed by atoms with Gasteiger partial charge in [-0.1, -0.05) is 45.6 Å². The van der Waals surface area contributed by atoms with Crippen molar-refractivity contribution in [1.29, 1.82) is 0 Å². The van der Waals surface area contributed by atoms with Gasteiger partial charge in [-0.2, -0.15) is 0 Å². The number of halogens is 1. The van der Waals surface area contributed by atoms with Crippen molar-refractivity contribution in [3.63, 3.8) is 0 Å². The second-order valence-electron chi connectivity index (χ2n) is 14.8. The summed E-state index contributed by atoms with van der Waals surface area (Å²) >= 11 is 0. The average molecular weight is 718 g/mol. The largest absolute Gasteiger partial charge is 0.497 e. The highest BCUT2D eigenvalue weighted by Gasteiger charge is 2.64. The number of fused-ring (bicyclic) bond motifs is 1. The Balaban J connectivity index is 1.19. The van der Waals surface area contributed by atoms with E-state index in [-0.39, 0.29) is 41.8 Å². The van der Waals surface area contributed by atoms with Gasteiger partial charge in [-0.15, -0.1) is 0 Å². The number of piperazine rings is 1. The first-order valence-electron chi connectivity index (χ1n) is 18.8. The van der Waals surface area contributed by atoms with Crippen LogP contribution >= 0.6 is 0 Å². The Hall–Kier alpha value is -4.45. The topological polar surface area (TPSA) is 133 Å². The van der Waals surface area contributed by atoms with Crippen LogP contribution in [0.4, 0.5) is 10.1 Å². The van der Waals surface area contributed by atoms with Gasteiger partial charge in [0.05, 0.1) is 29.7 Å². The predicted octanol–water partition coefficient (Wildman–Crippen LogP) is 5.70. The standard InChI is InChI=1S/C40H52FN5O6/c1-5-36(47)42-23-30(38(49)46-18-16-45(3)17-19-46)25(2)26-12-15-33(32(41)20-26)43-39(50)40(27-10-8-6-7-9-11-27)22-35(40)44-37(48)31-24-52-34-21-28(51-4)13-14-29(31)34/h12-15,20-21,24-25,27,30,35H,5-11,16-19,22-23H2,1-4H3,(H,42,47)(H,43,50)(H,44,48)/t25-,30?,35?,40-/m0/s1. The first-order valence-corrected chi connectivity index (χ1v) is 18.8. The van der Waals surface area contributed by atoms with Gasteiger partial charge in [0.25, 0.3) is 5.91 Å². The lowest BCUT2D eigenvalue weighted by Gasteiger charge is -2.36. The molecule has 0 radical (unpaired) electrons. The van der Waals surface area contributed by atoms with E-state index in [1.165, 1.54) is 12.3 Å². The van der Waals surface area contributed by atoms with Crippen LogP contribution < -0.4 is 20.7 Å². The van der Waals surface area contributed by atoms with Gasteiger partial charge in [-0.3, -0.25) is 19.2 Å². The summed E-state index contributed by atoms with van der Waals surface area (Å²) < 4.78 is 26.9. The molecule has 2 saturated carbocycles. The quantitative estimate of drug-likeness (QED) is 0.205. The third kappa shape index (κ3) is 7.82. The number of ether oxygens (including phenoxy) is 1. The number of amides is 4. The number of benzene rings is 2. The summed E-state index contributed by atoms with van der Waals surface area (Å²) in [7, 11) is 3.58. The number of likely N-dealkylation sites (N-methyl/N-ethyl adjacent to an activating group) is 1.